The van der Waals surface area contributed by atoms with Gasteiger partial charge in [0.1, 0.15) is 6.10 Å². The molecule has 0 bridgehead atoms. The van der Waals surface area contributed by atoms with E-state index in [-0.39, 0.29) is 6.42 Å². The van der Waals surface area contributed by atoms with Crippen LogP contribution in [-0.2, 0) is 9.47 Å². The lowest BCUT2D eigenvalue weighted by atomic mass is 9.99. The number of rotatable bonds is 2. The van der Waals surface area contributed by atoms with Crippen molar-refractivity contribution in [3.63, 3.8) is 0 Å². The number of aliphatic hydroxyl groups is 3. The average Bonchev–Trinajstić information content (AvgIpc) is 2.09. The molecule has 3 N–H and O–H groups in total. The monoisotopic (exact) mass is 192 g/mol. The minimum absolute atomic E-state index is 0.221. The Morgan fingerprint density at radius 2 is 2.08 bits per heavy atom. The number of aliphatic hydroxyl groups excluding tert-OH is 3. The summed E-state index contributed by atoms with van der Waals surface area (Å²) in [7, 11) is 1.38. The molecule has 1 rings (SSSR count). The molecular weight excluding hydrogens is 176 g/mol. The van der Waals surface area contributed by atoms with Gasteiger partial charge in [0.25, 0.3) is 0 Å². The van der Waals surface area contributed by atoms with Crippen molar-refractivity contribution in [1.82, 2.24) is 0 Å². The first-order valence-electron chi connectivity index (χ1n) is 4.28. The molecule has 78 valence electrons. The second-order valence-electron chi connectivity index (χ2n) is 3.31. The van der Waals surface area contributed by atoms with Gasteiger partial charge >= 0.3 is 0 Å². The van der Waals surface area contributed by atoms with Crippen LogP contribution in [-0.4, -0.2) is 53.1 Å². The van der Waals surface area contributed by atoms with Gasteiger partial charge in [0.15, 0.2) is 6.29 Å². The van der Waals surface area contributed by atoms with Crippen molar-refractivity contribution < 1.29 is 24.8 Å². The van der Waals surface area contributed by atoms with Crippen LogP contribution in [0, 0.1) is 0 Å². The Balaban J connectivity index is 2.58. The molecule has 1 aliphatic rings. The molecule has 5 nitrogen and oxygen atoms in total. The molecule has 1 aliphatic heterocycles. The highest BCUT2D eigenvalue weighted by atomic mass is 16.7. The van der Waals surface area contributed by atoms with E-state index in [1.807, 2.05) is 0 Å². The van der Waals surface area contributed by atoms with Crippen LogP contribution in [0.5, 0.6) is 0 Å². The normalized spacial score (nSPS) is 43.2. The fraction of sp³-hybridized carbons (Fsp3) is 1.00. The first-order chi connectivity index (χ1) is 6.06. The minimum Gasteiger partial charge on any atom is -0.391 e. The van der Waals surface area contributed by atoms with Gasteiger partial charge in [-0.05, 0) is 6.92 Å². The van der Waals surface area contributed by atoms with E-state index in [0.717, 1.165) is 0 Å². The fourth-order valence-corrected chi connectivity index (χ4v) is 1.37. The smallest absolute Gasteiger partial charge is 0.186 e. The van der Waals surface area contributed by atoms with Gasteiger partial charge in [-0.2, -0.15) is 0 Å². The maximum Gasteiger partial charge on any atom is 0.186 e. The molecule has 1 heterocycles. The van der Waals surface area contributed by atoms with E-state index in [9.17, 15) is 15.3 Å². The van der Waals surface area contributed by atoms with Crippen molar-refractivity contribution in [3.8, 4) is 0 Å². The summed E-state index contributed by atoms with van der Waals surface area (Å²) in [5.41, 5.74) is 0. The summed E-state index contributed by atoms with van der Waals surface area (Å²) < 4.78 is 10.0. The van der Waals surface area contributed by atoms with Gasteiger partial charge < -0.3 is 24.8 Å². The molecule has 5 atom stereocenters. The van der Waals surface area contributed by atoms with E-state index < -0.39 is 30.7 Å². The van der Waals surface area contributed by atoms with Crippen LogP contribution in [0.1, 0.15) is 13.3 Å². The van der Waals surface area contributed by atoms with Crippen molar-refractivity contribution in [1.29, 1.82) is 0 Å². The van der Waals surface area contributed by atoms with Crippen LogP contribution in [0.15, 0.2) is 0 Å². The van der Waals surface area contributed by atoms with Gasteiger partial charge in [-0.1, -0.05) is 0 Å². The lowest BCUT2D eigenvalue weighted by Gasteiger charge is -2.37. The molecule has 0 spiro atoms. The van der Waals surface area contributed by atoms with Crippen LogP contribution in [0.4, 0.5) is 0 Å². The third-order valence-electron chi connectivity index (χ3n) is 2.23. The zero-order valence-corrected chi connectivity index (χ0v) is 7.75. The van der Waals surface area contributed by atoms with Crippen molar-refractivity contribution in [2.24, 2.45) is 0 Å². The van der Waals surface area contributed by atoms with E-state index >= 15 is 0 Å². The van der Waals surface area contributed by atoms with Crippen LogP contribution in [0.25, 0.3) is 0 Å². The van der Waals surface area contributed by atoms with E-state index in [4.69, 9.17) is 9.47 Å². The van der Waals surface area contributed by atoms with Crippen molar-refractivity contribution in [2.75, 3.05) is 7.11 Å². The Morgan fingerprint density at radius 1 is 1.46 bits per heavy atom. The third-order valence-corrected chi connectivity index (χ3v) is 2.23. The molecule has 0 amide bonds. The Bertz CT molecular complexity index is 161. The molecule has 0 aromatic heterocycles. The van der Waals surface area contributed by atoms with E-state index in [0.29, 0.717) is 0 Å². The van der Waals surface area contributed by atoms with Gasteiger partial charge in [-0.25, -0.2) is 0 Å². The van der Waals surface area contributed by atoms with E-state index in [1.165, 1.54) is 7.11 Å². The molecule has 0 aliphatic carbocycles. The molecular formula is C8H16O5. The van der Waals surface area contributed by atoms with Gasteiger partial charge in [0.05, 0.1) is 18.3 Å². The van der Waals surface area contributed by atoms with Crippen LogP contribution >= 0.6 is 0 Å². The molecule has 0 radical (unpaired) electrons. The minimum atomic E-state index is -1.04. The summed E-state index contributed by atoms with van der Waals surface area (Å²) in [6.45, 7) is 1.57. The zero-order chi connectivity index (χ0) is 10.0. The number of methoxy groups -OCH3 is 1. The van der Waals surface area contributed by atoms with Gasteiger partial charge in [-0.3, -0.25) is 0 Å². The highest BCUT2D eigenvalue weighted by Crippen LogP contribution is 2.22. The number of ether oxygens (including phenoxy) is 2. The summed E-state index contributed by atoms with van der Waals surface area (Å²) >= 11 is 0. The van der Waals surface area contributed by atoms with Gasteiger partial charge in [-0.15, -0.1) is 0 Å². The lowest BCUT2D eigenvalue weighted by molar-refractivity contribution is -0.270. The van der Waals surface area contributed by atoms with Gasteiger partial charge in [0, 0.05) is 13.5 Å². The summed E-state index contributed by atoms with van der Waals surface area (Å²) in [6.07, 6.45) is -3.75. The largest absolute Gasteiger partial charge is 0.391 e. The maximum absolute atomic E-state index is 9.38. The number of hydrogen-bond acceptors (Lipinski definition) is 5. The summed E-state index contributed by atoms with van der Waals surface area (Å²) in [5.74, 6) is 0. The highest BCUT2D eigenvalue weighted by molar-refractivity contribution is 4.83. The van der Waals surface area contributed by atoms with E-state index in [1.54, 1.807) is 6.92 Å². The Labute approximate surface area is 76.9 Å². The molecule has 13 heavy (non-hydrogen) atoms. The molecule has 1 saturated heterocycles. The van der Waals surface area contributed by atoms with E-state index in [2.05, 4.69) is 0 Å². The molecule has 0 aromatic rings. The first kappa shape index (κ1) is 10.9. The molecule has 0 aromatic carbocycles. The second kappa shape index (κ2) is 4.34. The fourth-order valence-electron chi connectivity index (χ4n) is 1.37. The summed E-state index contributed by atoms with van der Waals surface area (Å²) in [4.78, 5) is 0. The summed E-state index contributed by atoms with van der Waals surface area (Å²) in [5, 5.41) is 28.0. The maximum atomic E-state index is 9.38. The van der Waals surface area contributed by atoms with Crippen molar-refractivity contribution >= 4 is 0 Å². The van der Waals surface area contributed by atoms with Crippen LogP contribution in [0.2, 0.25) is 0 Å². The quantitative estimate of drug-likeness (QED) is 0.515. The highest BCUT2D eigenvalue weighted by Gasteiger charge is 2.38. The van der Waals surface area contributed by atoms with Crippen molar-refractivity contribution in [3.05, 3.63) is 0 Å². The summed E-state index contributed by atoms with van der Waals surface area (Å²) in [6, 6.07) is 0. The standard InChI is InChI=1S/C8H16O5/c1-4(9)6-3-5(10)7(11)8(12-2)13-6/h4-11H,3H2,1-2H3/t4?,5-,6-,7+,8+/m0/s1. The molecule has 5 heteroatoms. The molecule has 1 unspecified atom stereocenters. The predicted molar refractivity (Wildman–Crippen MR) is 44.0 cm³/mol. The van der Waals surface area contributed by atoms with Crippen LogP contribution < -0.4 is 0 Å². The Hall–Kier alpha value is -0.200. The topological polar surface area (TPSA) is 79.2 Å². The molecule has 0 saturated carbocycles. The first-order valence-corrected chi connectivity index (χ1v) is 4.28. The Kier molecular flexibility index (Phi) is 3.63. The van der Waals surface area contributed by atoms with Crippen molar-refractivity contribution in [2.45, 2.75) is 44.1 Å². The number of hydrogen-bond donors (Lipinski definition) is 3. The average molecular weight is 192 g/mol. The predicted octanol–water partition coefficient (Wildman–Crippen LogP) is -1.15. The lowest BCUT2D eigenvalue weighted by Crippen LogP contribution is -2.51. The van der Waals surface area contributed by atoms with Gasteiger partial charge in [0.2, 0.25) is 0 Å². The SMILES string of the molecule is CO[C@@H]1O[C@H](C(C)O)C[C@H](O)[C@H]1O. The molecule has 1 fully saturated rings. The van der Waals surface area contributed by atoms with Crippen LogP contribution in [0.3, 0.4) is 0 Å². The Morgan fingerprint density at radius 3 is 2.54 bits per heavy atom. The second-order valence-corrected chi connectivity index (χ2v) is 3.31. The third kappa shape index (κ3) is 2.38. The zero-order valence-electron chi connectivity index (χ0n) is 7.75.